The highest BCUT2D eigenvalue weighted by Gasteiger charge is 2.19. The first-order valence-corrected chi connectivity index (χ1v) is 7.16. The average Bonchev–Trinajstić information content (AvgIpc) is 2.47. The summed E-state index contributed by atoms with van der Waals surface area (Å²) in [6.45, 7) is 4.08. The number of hydrogen-bond acceptors (Lipinski definition) is 6. The second-order valence-corrected chi connectivity index (χ2v) is 5.41. The molecule has 2 rings (SSSR count). The molecular weight excluding hydrogens is 254 g/mol. The third-order valence-corrected chi connectivity index (χ3v) is 3.66. The summed E-state index contributed by atoms with van der Waals surface area (Å²) in [5.41, 5.74) is 0. The van der Waals surface area contributed by atoms with Gasteiger partial charge >= 0.3 is 0 Å². The van der Waals surface area contributed by atoms with Gasteiger partial charge in [-0.25, -0.2) is 9.97 Å². The standard InChI is InChI=1S/C14H25N5O/c1-18(2)14-10-13(15-11-16-14)17-12-4-6-19(7-5-12)8-9-20-3/h10-12H,4-9H2,1-3H3,(H,15,16,17). The van der Waals surface area contributed by atoms with Gasteiger partial charge < -0.3 is 19.9 Å². The fourth-order valence-corrected chi connectivity index (χ4v) is 2.40. The van der Waals surface area contributed by atoms with Crippen molar-refractivity contribution < 1.29 is 4.74 Å². The minimum atomic E-state index is 0.499. The monoisotopic (exact) mass is 279 g/mol. The van der Waals surface area contributed by atoms with Gasteiger partial charge in [-0.05, 0) is 12.8 Å². The number of aromatic nitrogens is 2. The second-order valence-electron chi connectivity index (χ2n) is 5.41. The molecule has 1 aliphatic rings. The summed E-state index contributed by atoms with van der Waals surface area (Å²) >= 11 is 0. The van der Waals surface area contributed by atoms with Gasteiger partial charge in [0.25, 0.3) is 0 Å². The van der Waals surface area contributed by atoms with Crippen LogP contribution in [0.5, 0.6) is 0 Å². The third-order valence-electron chi connectivity index (χ3n) is 3.66. The summed E-state index contributed by atoms with van der Waals surface area (Å²) in [6, 6.07) is 2.50. The first-order valence-electron chi connectivity index (χ1n) is 7.16. The van der Waals surface area contributed by atoms with Crippen LogP contribution >= 0.6 is 0 Å². The van der Waals surface area contributed by atoms with Gasteiger partial charge in [-0.3, -0.25) is 0 Å². The number of nitrogens with one attached hydrogen (secondary N) is 1. The van der Waals surface area contributed by atoms with E-state index < -0.39 is 0 Å². The Hall–Kier alpha value is -1.40. The number of hydrogen-bond donors (Lipinski definition) is 1. The Labute approximate surface area is 121 Å². The highest BCUT2D eigenvalue weighted by atomic mass is 16.5. The van der Waals surface area contributed by atoms with E-state index in [2.05, 4.69) is 20.2 Å². The van der Waals surface area contributed by atoms with Crippen LogP contribution in [0.25, 0.3) is 0 Å². The van der Waals surface area contributed by atoms with Gasteiger partial charge in [0.15, 0.2) is 0 Å². The van der Waals surface area contributed by atoms with Crippen LogP contribution in [0, 0.1) is 0 Å². The Balaban J connectivity index is 1.82. The summed E-state index contributed by atoms with van der Waals surface area (Å²) in [5.74, 6) is 1.85. The van der Waals surface area contributed by atoms with Crippen LogP contribution in [-0.4, -0.2) is 68.4 Å². The van der Waals surface area contributed by atoms with Crippen LogP contribution in [0.3, 0.4) is 0 Å². The molecule has 0 spiro atoms. The smallest absolute Gasteiger partial charge is 0.133 e. The quantitative estimate of drug-likeness (QED) is 0.840. The fourth-order valence-electron chi connectivity index (χ4n) is 2.40. The van der Waals surface area contributed by atoms with Crippen LogP contribution in [0.2, 0.25) is 0 Å². The summed E-state index contributed by atoms with van der Waals surface area (Å²) in [5, 5.41) is 3.52. The third kappa shape index (κ3) is 4.31. The Morgan fingerprint density at radius 1 is 1.35 bits per heavy atom. The van der Waals surface area contributed by atoms with E-state index in [9.17, 15) is 0 Å². The zero-order valence-electron chi connectivity index (χ0n) is 12.7. The van der Waals surface area contributed by atoms with Gasteiger partial charge in [-0.2, -0.15) is 0 Å². The van der Waals surface area contributed by atoms with E-state index in [0.717, 1.165) is 50.7 Å². The van der Waals surface area contributed by atoms with E-state index in [1.54, 1.807) is 13.4 Å². The molecule has 1 aliphatic heterocycles. The summed E-state index contributed by atoms with van der Waals surface area (Å²) < 4.78 is 5.12. The lowest BCUT2D eigenvalue weighted by Crippen LogP contribution is -2.40. The fraction of sp³-hybridized carbons (Fsp3) is 0.714. The lowest BCUT2D eigenvalue weighted by Gasteiger charge is -2.32. The first-order chi connectivity index (χ1) is 9.69. The molecule has 0 aromatic carbocycles. The van der Waals surface area contributed by atoms with Crippen LogP contribution < -0.4 is 10.2 Å². The Bertz CT molecular complexity index is 404. The minimum absolute atomic E-state index is 0.499. The molecule has 1 aromatic heterocycles. The molecule has 0 bridgehead atoms. The van der Waals surface area contributed by atoms with Gasteiger partial charge in [0.1, 0.15) is 18.0 Å². The summed E-state index contributed by atoms with van der Waals surface area (Å²) in [6.07, 6.45) is 3.90. The van der Waals surface area contributed by atoms with Gasteiger partial charge in [0, 0.05) is 52.9 Å². The molecule has 0 unspecified atom stereocenters. The molecule has 20 heavy (non-hydrogen) atoms. The predicted molar refractivity (Wildman–Crippen MR) is 81.3 cm³/mol. The highest BCUT2D eigenvalue weighted by molar-refractivity contribution is 5.47. The molecule has 0 saturated carbocycles. The average molecular weight is 279 g/mol. The maximum absolute atomic E-state index is 5.12. The van der Waals surface area contributed by atoms with Gasteiger partial charge in [-0.15, -0.1) is 0 Å². The van der Waals surface area contributed by atoms with Crippen molar-refractivity contribution in [1.29, 1.82) is 0 Å². The molecule has 0 atom stereocenters. The predicted octanol–water partition coefficient (Wildman–Crippen LogP) is 1.07. The van der Waals surface area contributed by atoms with Crippen molar-refractivity contribution in [2.75, 3.05) is 57.7 Å². The highest BCUT2D eigenvalue weighted by Crippen LogP contribution is 2.17. The number of ether oxygens (including phenoxy) is 1. The maximum Gasteiger partial charge on any atom is 0.133 e. The normalized spacial score (nSPS) is 17.1. The topological polar surface area (TPSA) is 53.5 Å². The van der Waals surface area contributed by atoms with E-state index in [1.165, 1.54) is 0 Å². The molecule has 0 aliphatic carbocycles. The first kappa shape index (κ1) is 15.0. The van der Waals surface area contributed by atoms with Crippen molar-refractivity contribution in [3.8, 4) is 0 Å². The lowest BCUT2D eigenvalue weighted by molar-refractivity contribution is 0.132. The molecule has 2 heterocycles. The molecule has 1 aromatic rings. The number of anilines is 2. The molecule has 6 nitrogen and oxygen atoms in total. The van der Waals surface area contributed by atoms with E-state index in [4.69, 9.17) is 4.74 Å². The molecule has 112 valence electrons. The van der Waals surface area contributed by atoms with Crippen LogP contribution in [0.15, 0.2) is 12.4 Å². The number of likely N-dealkylation sites (tertiary alicyclic amines) is 1. The summed E-state index contributed by atoms with van der Waals surface area (Å²) in [7, 11) is 5.73. The van der Waals surface area contributed by atoms with Crippen molar-refractivity contribution in [3.05, 3.63) is 12.4 Å². The van der Waals surface area contributed by atoms with Crippen molar-refractivity contribution in [3.63, 3.8) is 0 Å². The van der Waals surface area contributed by atoms with Crippen LogP contribution in [0.1, 0.15) is 12.8 Å². The van der Waals surface area contributed by atoms with Crippen molar-refractivity contribution >= 4 is 11.6 Å². The summed E-state index contributed by atoms with van der Waals surface area (Å²) in [4.78, 5) is 13.0. The van der Waals surface area contributed by atoms with E-state index in [1.807, 2.05) is 25.1 Å². The van der Waals surface area contributed by atoms with Crippen molar-refractivity contribution in [2.24, 2.45) is 0 Å². The van der Waals surface area contributed by atoms with Gasteiger partial charge in [0.2, 0.25) is 0 Å². The minimum Gasteiger partial charge on any atom is -0.383 e. The Kier molecular flexibility index (Phi) is 5.55. The van der Waals surface area contributed by atoms with E-state index >= 15 is 0 Å². The number of nitrogens with zero attached hydrogens (tertiary/aromatic N) is 4. The number of methoxy groups -OCH3 is 1. The van der Waals surface area contributed by atoms with Crippen molar-refractivity contribution in [1.82, 2.24) is 14.9 Å². The van der Waals surface area contributed by atoms with E-state index in [0.29, 0.717) is 6.04 Å². The number of piperidine rings is 1. The molecule has 1 fully saturated rings. The Morgan fingerprint density at radius 2 is 2.10 bits per heavy atom. The zero-order valence-corrected chi connectivity index (χ0v) is 12.7. The van der Waals surface area contributed by atoms with Gasteiger partial charge in [0.05, 0.1) is 6.61 Å². The molecular formula is C14H25N5O. The van der Waals surface area contributed by atoms with Gasteiger partial charge in [-0.1, -0.05) is 0 Å². The van der Waals surface area contributed by atoms with Crippen LogP contribution in [0.4, 0.5) is 11.6 Å². The SMILES string of the molecule is COCCN1CCC(Nc2cc(N(C)C)ncn2)CC1. The lowest BCUT2D eigenvalue weighted by atomic mass is 10.1. The largest absolute Gasteiger partial charge is 0.383 e. The second kappa shape index (κ2) is 7.40. The van der Waals surface area contributed by atoms with E-state index in [-0.39, 0.29) is 0 Å². The number of rotatable bonds is 6. The molecule has 0 radical (unpaired) electrons. The van der Waals surface area contributed by atoms with Crippen LogP contribution in [-0.2, 0) is 4.74 Å². The Morgan fingerprint density at radius 3 is 2.75 bits per heavy atom. The zero-order chi connectivity index (χ0) is 14.4. The molecule has 1 N–H and O–H groups in total. The molecule has 6 heteroatoms. The van der Waals surface area contributed by atoms with Crippen molar-refractivity contribution in [2.45, 2.75) is 18.9 Å². The maximum atomic E-state index is 5.12. The molecule has 1 saturated heterocycles. The molecule has 0 amide bonds.